The second kappa shape index (κ2) is 6.11. The van der Waals surface area contributed by atoms with Crippen LogP contribution >= 0.6 is 11.6 Å². The van der Waals surface area contributed by atoms with Crippen LogP contribution in [0.15, 0.2) is 60.9 Å². The second-order valence-corrected chi connectivity index (χ2v) is 5.90. The largest absolute Gasteiger partial charge is 0.507 e. The summed E-state index contributed by atoms with van der Waals surface area (Å²) in [5, 5.41) is 10.8. The van der Waals surface area contributed by atoms with Gasteiger partial charge < -0.3 is 9.84 Å². The molecule has 0 aliphatic rings. The number of rotatable bonds is 3. The van der Waals surface area contributed by atoms with E-state index in [0.717, 1.165) is 16.8 Å². The Bertz CT molecular complexity index is 1080. The minimum atomic E-state index is 0.0768. The first-order valence-electron chi connectivity index (χ1n) is 7.64. The fourth-order valence-corrected chi connectivity index (χ4v) is 3.02. The van der Waals surface area contributed by atoms with E-state index in [9.17, 15) is 5.11 Å². The molecule has 3 aromatic heterocycles. The van der Waals surface area contributed by atoms with Crippen LogP contribution in [0.3, 0.4) is 0 Å². The van der Waals surface area contributed by atoms with Gasteiger partial charge in [0.15, 0.2) is 0 Å². The van der Waals surface area contributed by atoms with Crippen LogP contribution in [0.1, 0.15) is 0 Å². The van der Waals surface area contributed by atoms with Gasteiger partial charge in [-0.3, -0.25) is 4.40 Å². The number of methoxy groups -OCH3 is 1. The van der Waals surface area contributed by atoms with Gasteiger partial charge in [-0.15, -0.1) is 0 Å². The first-order valence-corrected chi connectivity index (χ1v) is 8.02. The van der Waals surface area contributed by atoms with Crippen LogP contribution in [-0.4, -0.2) is 26.6 Å². The van der Waals surface area contributed by atoms with E-state index in [0.29, 0.717) is 22.3 Å². The van der Waals surface area contributed by atoms with Crippen molar-refractivity contribution in [3.63, 3.8) is 0 Å². The molecule has 0 atom stereocenters. The van der Waals surface area contributed by atoms with E-state index in [2.05, 4.69) is 4.98 Å². The standard InChI is InChI=1S/C19H14ClN3O2/c1-25-19-14(5-4-9-21-19)17-15-6-2-3-10-23(15)18(22-17)13-8-7-12(20)11-16(13)24/h2-11,24H,1H3. The lowest BCUT2D eigenvalue weighted by atomic mass is 10.2. The molecular weight excluding hydrogens is 338 g/mol. The molecule has 0 saturated heterocycles. The highest BCUT2D eigenvalue weighted by molar-refractivity contribution is 6.30. The van der Waals surface area contributed by atoms with Crippen LogP contribution in [0, 0.1) is 0 Å². The summed E-state index contributed by atoms with van der Waals surface area (Å²) in [6, 6.07) is 14.5. The second-order valence-electron chi connectivity index (χ2n) is 5.46. The number of imidazole rings is 1. The van der Waals surface area contributed by atoms with Gasteiger partial charge in [0.25, 0.3) is 0 Å². The summed E-state index contributed by atoms with van der Waals surface area (Å²) in [5.41, 5.74) is 3.00. The third-order valence-corrected chi connectivity index (χ3v) is 4.20. The Morgan fingerprint density at radius 2 is 1.96 bits per heavy atom. The normalized spacial score (nSPS) is 11.0. The minimum Gasteiger partial charge on any atom is -0.507 e. The Labute approximate surface area is 149 Å². The van der Waals surface area contributed by atoms with Gasteiger partial charge in [0, 0.05) is 17.4 Å². The lowest BCUT2D eigenvalue weighted by Crippen LogP contribution is -1.91. The quantitative estimate of drug-likeness (QED) is 0.593. The molecule has 0 unspecified atom stereocenters. The highest BCUT2D eigenvalue weighted by atomic mass is 35.5. The van der Waals surface area contributed by atoms with Crippen LogP contribution in [-0.2, 0) is 0 Å². The zero-order valence-corrected chi connectivity index (χ0v) is 14.1. The first kappa shape index (κ1) is 15.5. The van der Waals surface area contributed by atoms with Crippen molar-refractivity contribution in [2.75, 3.05) is 7.11 Å². The molecule has 0 radical (unpaired) electrons. The number of phenolic OH excluding ortho intramolecular Hbond substituents is 1. The van der Waals surface area contributed by atoms with E-state index >= 15 is 0 Å². The molecule has 1 aromatic carbocycles. The van der Waals surface area contributed by atoms with Gasteiger partial charge >= 0.3 is 0 Å². The van der Waals surface area contributed by atoms with Crippen LogP contribution < -0.4 is 4.74 Å². The van der Waals surface area contributed by atoms with Gasteiger partial charge in [-0.2, -0.15) is 0 Å². The molecule has 0 amide bonds. The lowest BCUT2D eigenvalue weighted by Gasteiger charge is -2.04. The van der Waals surface area contributed by atoms with Crippen molar-refractivity contribution in [2.45, 2.75) is 0 Å². The Hall–Kier alpha value is -3.05. The monoisotopic (exact) mass is 351 g/mol. The van der Waals surface area contributed by atoms with Crippen molar-refractivity contribution in [1.29, 1.82) is 0 Å². The Kier molecular flexibility index (Phi) is 3.78. The number of aromatic hydroxyl groups is 1. The fourth-order valence-electron chi connectivity index (χ4n) is 2.85. The number of halogens is 1. The number of aromatic nitrogens is 3. The number of phenols is 1. The van der Waals surface area contributed by atoms with Crippen molar-refractivity contribution in [3.8, 4) is 34.3 Å². The van der Waals surface area contributed by atoms with E-state index in [1.165, 1.54) is 6.07 Å². The third kappa shape index (κ3) is 2.58. The van der Waals surface area contributed by atoms with Gasteiger partial charge in [-0.1, -0.05) is 17.7 Å². The van der Waals surface area contributed by atoms with E-state index in [1.807, 2.05) is 40.9 Å². The summed E-state index contributed by atoms with van der Waals surface area (Å²) in [4.78, 5) is 9.02. The molecule has 6 heteroatoms. The fraction of sp³-hybridized carbons (Fsp3) is 0.0526. The molecule has 0 aliphatic heterocycles. The summed E-state index contributed by atoms with van der Waals surface area (Å²) in [7, 11) is 1.58. The smallest absolute Gasteiger partial charge is 0.222 e. The van der Waals surface area contributed by atoms with Crippen molar-refractivity contribution in [3.05, 3.63) is 65.9 Å². The van der Waals surface area contributed by atoms with Gasteiger partial charge in [-0.05, 0) is 42.5 Å². The zero-order chi connectivity index (χ0) is 17.4. The molecule has 4 aromatic rings. The van der Waals surface area contributed by atoms with E-state index in [-0.39, 0.29) is 5.75 Å². The van der Waals surface area contributed by atoms with Crippen molar-refractivity contribution >= 4 is 17.1 Å². The summed E-state index contributed by atoms with van der Waals surface area (Å²) in [5.74, 6) is 1.19. The van der Waals surface area contributed by atoms with Crippen LogP contribution in [0.5, 0.6) is 11.6 Å². The maximum Gasteiger partial charge on any atom is 0.222 e. The van der Waals surface area contributed by atoms with Crippen molar-refractivity contribution in [2.24, 2.45) is 0 Å². The van der Waals surface area contributed by atoms with Crippen molar-refractivity contribution in [1.82, 2.24) is 14.4 Å². The predicted octanol–water partition coefficient (Wildman–Crippen LogP) is 4.43. The molecule has 25 heavy (non-hydrogen) atoms. The number of nitrogens with zero attached hydrogens (tertiary/aromatic N) is 3. The molecule has 0 fully saturated rings. The molecule has 5 nitrogen and oxygen atoms in total. The number of benzene rings is 1. The summed E-state index contributed by atoms with van der Waals surface area (Å²) in [6.07, 6.45) is 3.57. The highest BCUT2D eigenvalue weighted by Crippen LogP contribution is 2.36. The molecule has 4 rings (SSSR count). The van der Waals surface area contributed by atoms with Crippen molar-refractivity contribution < 1.29 is 9.84 Å². The molecule has 124 valence electrons. The van der Waals surface area contributed by atoms with Gasteiger partial charge in [-0.25, -0.2) is 9.97 Å². The van der Waals surface area contributed by atoms with Crippen LogP contribution in [0.4, 0.5) is 0 Å². The summed E-state index contributed by atoms with van der Waals surface area (Å²) >= 11 is 5.95. The van der Waals surface area contributed by atoms with Gasteiger partial charge in [0.1, 0.15) is 17.3 Å². The van der Waals surface area contributed by atoms with Gasteiger partial charge in [0.2, 0.25) is 5.88 Å². The number of ether oxygens (including phenoxy) is 1. The SMILES string of the molecule is COc1ncccc1-c1nc(-c2ccc(Cl)cc2O)n2ccccc12. The van der Waals surface area contributed by atoms with E-state index in [4.69, 9.17) is 21.3 Å². The third-order valence-electron chi connectivity index (χ3n) is 3.97. The molecule has 0 bridgehead atoms. The molecule has 0 saturated carbocycles. The van der Waals surface area contributed by atoms with E-state index in [1.54, 1.807) is 25.4 Å². The van der Waals surface area contributed by atoms with Gasteiger partial charge in [0.05, 0.1) is 23.8 Å². The summed E-state index contributed by atoms with van der Waals surface area (Å²) < 4.78 is 7.30. The average molecular weight is 352 g/mol. The Morgan fingerprint density at radius 3 is 2.76 bits per heavy atom. The van der Waals surface area contributed by atoms with E-state index < -0.39 is 0 Å². The predicted molar refractivity (Wildman–Crippen MR) is 97.1 cm³/mol. The number of hydrogen-bond acceptors (Lipinski definition) is 4. The molecule has 0 spiro atoms. The topological polar surface area (TPSA) is 59.7 Å². The highest BCUT2D eigenvalue weighted by Gasteiger charge is 2.19. The first-order chi connectivity index (χ1) is 12.2. The number of fused-ring (bicyclic) bond motifs is 1. The lowest BCUT2D eigenvalue weighted by molar-refractivity contribution is 0.399. The summed E-state index contributed by atoms with van der Waals surface area (Å²) in [6.45, 7) is 0. The molecule has 3 heterocycles. The molecule has 0 aliphatic carbocycles. The Balaban J connectivity index is 2.02. The number of pyridine rings is 2. The molecule has 1 N–H and O–H groups in total. The zero-order valence-electron chi connectivity index (χ0n) is 13.3. The maximum absolute atomic E-state index is 10.3. The average Bonchev–Trinajstić information content (AvgIpc) is 3.01. The Morgan fingerprint density at radius 1 is 1.08 bits per heavy atom. The van der Waals surface area contributed by atoms with Crippen LogP contribution in [0.2, 0.25) is 5.02 Å². The minimum absolute atomic E-state index is 0.0768. The molecular formula is C19H14ClN3O2. The maximum atomic E-state index is 10.3. The van der Waals surface area contributed by atoms with Crippen LogP contribution in [0.25, 0.3) is 28.2 Å². The number of hydrogen-bond donors (Lipinski definition) is 1.